The lowest BCUT2D eigenvalue weighted by molar-refractivity contribution is -0.137. The number of halogens is 3. The minimum Gasteiger partial charge on any atom is -0.377 e. The molecule has 1 N–H and O–H groups in total. The van der Waals surface area contributed by atoms with E-state index in [0.29, 0.717) is 12.0 Å². The first-order valence-corrected chi connectivity index (χ1v) is 6.96. The standard InChI is InChI=1S/C15H20F3NO/c1-11(19-10-14-6-3-7-20-14)8-12-4-2-5-13(9-12)15(16,17)18/h2,4-5,9,11,14,19H,3,6-8,10H2,1H3/t11-,14+/m0/s1. The summed E-state index contributed by atoms with van der Waals surface area (Å²) >= 11 is 0. The van der Waals surface area contributed by atoms with Crippen molar-refractivity contribution in [3.63, 3.8) is 0 Å². The van der Waals surface area contributed by atoms with Crippen LogP contribution >= 0.6 is 0 Å². The molecule has 0 spiro atoms. The number of hydrogen-bond acceptors (Lipinski definition) is 2. The first-order chi connectivity index (χ1) is 9.45. The maximum Gasteiger partial charge on any atom is 0.416 e. The van der Waals surface area contributed by atoms with Crippen LogP contribution in [0.4, 0.5) is 13.2 Å². The topological polar surface area (TPSA) is 21.3 Å². The van der Waals surface area contributed by atoms with E-state index in [2.05, 4.69) is 5.32 Å². The minimum absolute atomic E-state index is 0.127. The molecule has 1 aromatic carbocycles. The van der Waals surface area contributed by atoms with Crippen molar-refractivity contribution in [3.8, 4) is 0 Å². The molecule has 20 heavy (non-hydrogen) atoms. The van der Waals surface area contributed by atoms with E-state index in [1.807, 2.05) is 6.92 Å². The van der Waals surface area contributed by atoms with Gasteiger partial charge in [-0.15, -0.1) is 0 Å². The van der Waals surface area contributed by atoms with Crippen molar-refractivity contribution in [3.05, 3.63) is 35.4 Å². The van der Waals surface area contributed by atoms with Gasteiger partial charge in [0.15, 0.2) is 0 Å². The summed E-state index contributed by atoms with van der Waals surface area (Å²) in [7, 11) is 0. The molecule has 0 aliphatic carbocycles. The first-order valence-electron chi connectivity index (χ1n) is 6.96. The highest BCUT2D eigenvalue weighted by molar-refractivity contribution is 5.26. The van der Waals surface area contributed by atoms with Crippen molar-refractivity contribution in [1.82, 2.24) is 5.32 Å². The predicted octanol–water partition coefficient (Wildman–Crippen LogP) is 3.41. The van der Waals surface area contributed by atoms with Gasteiger partial charge in [-0.2, -0.15) is 13.2 Å². The minimum atomic E-state index is -4.27. The Morgan fingerprint density at radius 3 is 2.85 bits per heavy atom. The molecule has 112 valence electrons. The van der Waals surface area contributed by atoms with Gasteiger partial charge in [0.1, 0.15) is 0 Å². The Morgan fingerprint density at radius 1 is 1.40 bits per heavy atom. The number of ether oxygens (including phenoxy) is 1. The lowest BCUT2D eigenvalue weighted by Crippen LogP contribution is -2.34. The molecular formula is C15H20F3NO. The van der Waals surface area contributed by atoms with Crippen LogP contribution in [0.3, 0.4) is 0 Å². The van der Waals surface area contributed by atoms with Gasteiger partial charge >= 0.3 is 6.18 Å². The Morgan fingerprint density at radius 2 is 2.20 bits per heavy atom. The van der Waals surface area contributed by atoms with Gasteiger partial charge < -0.3 is 10.1 Å². The second kappa shape index (κ2) is 6.59. The van der Waals surface area contributed by atoms with Crippen LogP contribution in [0.5, 0.6) is 0 Å². The highest BCUT2D eigenvalue weighted by Crippen LogP contribution is 2.29. The summed E-state index contributed by atoms with van der Waals surface area (Å²) in [6, 6.07) is 5.66. The third-order valence-electron chi connectivity index (χ3n) is 3.51. The molecule has 1 heterocycles. The van der Waals surface area contributed by atoms with Crippen LogP contribution in [-0.4, -0.2) is 25.3 Å². The van der Waals surface area contributed by atoms with Gasteiger partial charge in [0.2, 0.25) is 0 Å². The lowest BCUT2D eigenvalue weighted by Gasteiger charge is -2.17. The summed E-state index contributed by atoms with van der Waals surface area (Å²) < 4.78 is 43.4. The molecule has 2 rings (SSSR count). The van der Waals surface area contributed by atoms with Crippen LogP contribution in [0.25, 0.3) is 0 Å². The third kappa shape index (κ3) is 4.49. The monoisotopic (exact) mass is 287 g/mol. The fourth-order valence-corrected chi connectivity index (χ4v) is 2.44. The van der Waals surface area contributed by atoms with Crippen LogP contribution < -0.4 is 5.32 Å². The molecule has 0 radical (unpaired) electrons. The molecule has 1 fully saturated rings. The van der Waals surface area contributed by atoms with E-state index in [4.69, 9.17) is 4.74 Å². The van der Waals surface area contributed by atoms with E-state index in [1.165, 1.54) is 12.1 Å². The van der Waals surface area contributed by atoms with E-state index in [9.17, 15) is 13.2 Å². The van der Waals surface area contributed by atoms with Crippen molar-refractivity contribution >= 4 is 0 Å². The summed E-state index contributed by atoms with van der Waals surface area (Å²) in [6.45, 7) is 3.56. The Labute approximate surface area is 117 Å². The fourth-order valence-electron chi connectivity index (χ4n) is 2.44. The van der Waals surface area contributed by atoms with Crippen LogP contribution in [0, 0.1) is 0 Å². The summed E-state index contributed by atoms with van der Waals surface area (Å²) in [4.78, 5) is 0. The molecule has 1 saturated heterocycles. The van der Waals surface area contributed by atoms with Crippen molar-refractivity contribution in [1.29, 1.82) is 0 Å². The molecular weight excluding hydrogens is 267 g/mol. The second-order valence-corrected chi connectivity index (χ2v) is 5.35. The zero-order chi connectivity index (χ0) is 14.6. The van der Waals surface area contributed by atoms with Crippen molar-refractivity contribution in [2.24, 2.45) is 0 Å². The lowest BCUT2D eigenvalue weighted by atomic mass is 10.0. The van der Waals surface area contributed by atoms with E-state index in [1.54, 1.807) is 6.07 Å². The molecule has 5 heteroatoms. The van der Waals surface area contributed by atoms with Gasteiger partial charge in [0.05, 0.1) is 11.7 Å². The van der Waals surface area contributed by atoms with Gasteiger partial charge in [-0.05, 0) is 37.8 Å². The number of alkyl halides is 3. The molecule has 0 aromatic heterocycles. The maximum atomic E-state index is 12.6. The number of benzene rings is 1. The summed E-state index contributed by atoms with van der Waals surface area (Å²) in [6.07, 6.45) is -1.29. The fraction of sp³-hybridized carbons (Fsp3) is 0.600. The van der Waals surface area contributed by atoms with Gasteiger partial charge in [-0.25, -0.2) is 0 Å². The molecule has 0 unspecified atom stereocenters. The maximum absolute atomic E-state index is 12.6. The van der Waals surface area contributed by atoms with Crippen LogP contribution in [0.1, 0.15) is 30.9 Å². The third-order valence-corrected chi connectivity index (χ3v) is 3.51. The summed E-state index contributed by atoms with van der Waals surface area (Å²) in [5, 5.41) is 3.32. The second-order valence-electron chi connectivity index (χ2n) is 5.35. The van der Waals surface area contributed by atoms with Crippen molar-refractivity contribution < 1.29 is 17.9 Å². The molecule has 0 bridgehead atoms. The van der Waals surface area contributed by atoms with Gasteiger partial charge in [0, 0.05) is 19.2 Å². The van der Waals surface area contributed by atoms with E-state index < -0.39 is 11.7 Å². The van der Waals surface area contributed by atoms with Gasteiger partial charge in [-0.3, -0.25) is 0 Å². The quantitative estimate of drug-likeness (QED) is 0.896. The zero-order valence-electron chi connectivity index (χ0n) is 11.5. The van der Waals surface area contributed by atoms with Crippen LogP contribution in [0.2, 0.25) is 0 Å². The highest BCUT2D eigenvalue weighted by atomic mass is 19.4. The normalized spacial score (nSPS) is 21.1. The highest BCUT2D eigenvalue weighted by Gasteiger charge is 2.30. The summed E-state index contributed by atoms with van der Waals surface area (Å²) in [5.74, 6) is 0. The molecule has 2 atom stereocenters. The number of nitrogens with one attached hydrogen (secondary N) is 1. The van der Waals surface area contributed by atoms with Crippen LogP contribution in [-0.2, 0) is 17.3 Å². The van der Waals surface area contributed by atoms with Crippen molar-refractivity contribution in [2.45, 2.75) is 44.5 Å². The Bertz CT molecular complexity index is 427. The Balaban J connectivity index is 1.85. The molecule has 2 nitrogen and oxygen atoms in total. The number of hydrogen-bond donors (Lipinski definition) is 1. The van der Waals surface area contributed by atoms with E-state index >= 15 is 0 Å². The van der Waals surface area contributed by atoms with E-state index in [-0.39, 0.29) is 12.1 Å². The Kier molecular flexibility index (Phi) is 5.05. The largest absolute Gasteiger partial charge is 0.416 e. The first kappa shape index (κ1) is 15.3. The average Bonchev–Trinajstić information content (AvgIpc) is 2.89. The smallest absolute Gasteiger partial charge is 0.377 e. The van der Waals surface area contributed by atoms with Gasteiger partial charge in [-0.1, -0.05) is 18.2 Å². The molecule has 0 amide bonds. The average molecular weight is 287 g/mol. The summed E-state index contributed by atoms with van der Waals surface area (Å²) in [5.41, 5.74) is 0.119. The Hall–Kier alpha value is -1.07. The molecule has 1 aromatic rings. The SMILES string of the molecule is C[C@@H](Cc1cccc(C(F)(F)F)c1)NC[C@H]1CCCO1. The van der Waals surface area contributed by atoms with Gasteiger partial charge in [0.25, 0.3) is 0 Å². The molecule has 1 aliphatic heterocycles. The molecule has 0 saturated carbocycles. The zero-order valence-corrected chi connectivity index (χ0v) is 11.5. The predicted molar refractivity (Wildman–Crippen MR) is 71.6 cm³/mol. The van der Waals surface area contributed by atoms with E-state index in [0.717, 1.165) is 32.1 Å². The number of rotatable bonds is 5. The van der Waals surface area contributed by atoms with Crippen molar-refractivity contribution in [2.75, 3.05) is 13.2 Å². The van der Waals surface area contributed by atoms with Crippen LogP contribution in [0.15, 0.2) is 24.3 Å². The molecule has 1 aliphatic rings.